The average molecular weight is 399 g/mol. The van der Waals surface area contributed by atoms with Crippen molar-refractivity contribution in [3.8, 4) is 17.6 Å². The van der Waals surface area contributed by atoms with E-state index in [9.17, 15) is 10.1 Å². The maximum absolute atomic E-state index is 12.8. The average Bonchev–Trinajstić information content (AvgIpc) is 3.02. The van der Waals surface area contributed by atoms with Crippen molar-refractivity contribution in [2.75, 3.05) is 19.5 Å². The van der Waals surface area contributed by atoms with Crippen molar-refractivity contribution in [1.82, 2.24) is 0 Å². The lowest BCUT2D eigenvalue weighted by Gasteiger charge is -2.33. The lowest BCUT2D eigenvalue weighted by molar-refractivity contribution is 0.102. The van der Waals surface area contributed by atoms with E-state index in [0.29, 0.717) is 33.5 Å². The first-order valence-electron chi connectivity index (χ1n) is 9.36. The summed E-state index contributed by atoms with van der Waals surface area (Å²) in [6.07, 6.45) is 2.93. The second-order valence-corrected chi connectivity index (χ2v) is 9.25. The topological polar surface area (TPSA) is 71.3 Å². The molecule has 0 spiro atoms. The third-order valence-corrected chi connectivity index (χ3v) is 6.64. The monoisotopic (exact) mass is 398 g/mol. The molecule has 1 aliphatic rings. The highest BCUT2D eigenvalue weighted by atomic mass is 32.1. The van der Waals surface area contributed by atoms with E-state index in [4.69, 9.17) is 9.47 Å². The minimum absolute atomic E-state index is 0.234. The van der Waals surface area contributed by atoms with Gasteiger partial charge in [0.25, 0.3) is 5.91 Å². The molecule has 148 valence electrons. The number of anilines is 1. The molecule has 6 heteroatoms. The van der Waals surface area contributed by atoms with Crippen LogP contribution in [0.5, 0.6) is 11.5 Å². The summed E-state index contributed by atoms with van der Waals surface area (Å²) in [5.74, 6) is 1.38. The number of hydrogen-bond acceptors (Lipinski definition) is 5. The third kappa shape index (κ3) is 3.85. The molecule has 0 saturated carbocycles. The van der Waals surface area contributed by atoms with Crippen molar-refractivity contribution in [1.29, 1.82) is 5.26 Å². The molecule has 1 amide bonds. The fourth-order valence-electron chi connectivity index (χ4n) is 3.68. The second kappa shape index (κ2) is 7.84. The van der Waals surface area contributed by atoms with Crippen LogP contribution in [0.15, 0.2) is 18.2 Å². The van der Waals surface area contributed by atoms with Crippen LogP contribution >= 0.6 is 11.3 Å². The molecule has 1 heterocycles. The largest absolute Gasteiger partial charge is 0.493 e. The summed E-state index contributed by atoms with van der Waals surface area (Å²) in [6, 6.07) is 7.34. The number of thiophene rings is 1. The van der Waals surface area contributed by atoms with Crippen LogP contribution < -0.4 is 14.8 Å². The molecule has 1 N–H and O–H groups in total. The Morgan fingerprint density at radius 2 is 1.96 bits per heavy atom. The van der Waals surface area contributed by atoms with E-state index >= 15 is 0 Å². The fourth-order valence-corrected chi connectivity index (χ4v) is 4.96. The van der Waals surface area contributed by atoms with Gasteiger partial charge in [-0.15, -0.1) is 11.3 Å². The van der Waals surface area contributed by atoms with Gasteiger partial charge in [0.1, 0.15) is 11.1 Å². The molecule has 3 rings (SSSR count). The van der Waals surface area contributed by atoms with Gasteiger partial charge in [0.15, 0.2) is 11.5 Å². The summed E-state index contributed by atoms with van der Waals surface area (Å²) < 4.78 is 10.5. The molecule has 0 aliphatic heterocycles. The number of nitrogens with one attached hydrogen (secondary N) is 1. The lowest BCUT2D eigenvalue weighted by Crippen LogP contribution is -2.26. The van der Waals surface area contributed by atoms with E-state index < -0.39 is 0 Å². The van der Waals surface area contributed by atoms with Crippen molar-refractivity contribution in [3.63, 3.8) is 0 Å². The number of ether oxygens (including phenoxy) is 2. The van der Waals surface area contributed by atoms with Gasteiger partial charge in [0, 0.05) is 10.4 Å². The number of nitriles is 1. The van der Waals surface area contributed by atoms with Gasteiger partial charge in [-0.05, 0) is 54.4 Å². The van der Waals surface area contributed by atoms with E-state index in [1.165, 1.54) is 23.3 Å². The fraction of sp³-hybridized carbons (Fsp3) is 0.455. The normalized spacial score (nSPS) is 16.1. The summed E-state index contributed by atoms with van der Waals surface area (Å²) in [6.45, 7) is 6.80. The van der Waals surface area contributed by atoms with Crippen LogP contribution in [0, 0.1) is 22.7 Å². The molecule has 0 bridgehead atoms. The molecule has 2 aromatic rings. The minimum atomic E-state index is -0.261. The third-order valence-electron chi connectivity index (χ3n) is 5.47. The molecule has 1 aliphatic carbocycles. The number of rotatable bonds is 4. The van der Waals surface area contributed by atoms with Gasteiger partial charge >= 0.3 is 0 Å². The number of amides is 1. The lowest BCUT2D eigenvalue weighted by atomic mass is 9.72. The zero-order chi connectivity index (χ0) is 20.5. The number of nitrogens with zero attached hydrogens (tertiary/aromatic N) is 1. The Bertz CT molecular complexity index is 934. The van der Waals surface area contributed by atoms with Gasteiger partial charge < -0.3 is 14.8 Å². The highest BCUT2D eigenvalue weighted by Gasteiger charge is 2.32. The van der Waals surface area contributed by atoms with Crippen molar-refractivity contribution in [2.45, 2.75) is 40.0 Å². The molecular formula is C22H26N2O3S. The number of carbonyl (C=O) groups is 1. The molecule has 1 unspecified atom stereocenters. The smallest absolute Gasteiger partial charge is 0.256 e. The molecule has 1 atom stereocenters. The first-order valence-corrected chi connectivity index (χ1v) is 10.2. The molecular weight excluding hydrogens is 372 g/mol. The van der Waals surface area contributed by atoms with E-state index in [0.717, 1.165) is 24.8 Å². The molecule has 1 aromatic carbocycles. The maximum Gasteiger partial charge on any atom is 0.256 e. The molecule has 5 nitrogen and oxygen atoms in total. The summed E-state index contributed by atoms with van der Waals surface area (Å²) >= 11 is 1.54. The highest BCUT2D eigenvalue weighted by Crippen LogP contribution is 2.44. The van der Waals surface area contributed by atoms with Crippen LogP contribution in [-0.2, 0) is 12.8 Å². The minimum Gasteiger partial charge on any atom is -0.493 e. The van der Waals surface area contributed by atoms with Gasteiger partial charge in [-0.1, -0.05) is 20.8 Å². The van der Waals surface area contributed by atoms with Gasteiger partial charge in [-0.25, -0.2) is 0 Å². The van der Waals surface area contributed by atoms with Crippen molar-refractivity contribution < 1.29 is 14.3 Å². The molecule has 0 fully saturated rings. The molecule has 1 aromatic heterocycles. The van der Waals surface area contributed by atoms with Crippen LogP contribution in [0.2, 0.25) is 0 Å². The number of fused-ring (bicyclic) bond motifs is 1. The Morgan fingerprint density at radius 1 is 1.25 bits per heavy atom. The van der Waals surface area contributed by atoms with Crippen molar-refractivity contribution in [2.24, 2.45) is 11.3 Å². The van der Waals surface area contributed by atoms with E-state index in [1.807, 2.05) is 0 Å². The number of carbonyl (C=O) groups excluding carboxylic acids is 1. The van der Waals surface area contributed by atoms with Crippen LogP contribution in [0.3, 0.4) is 0 Å². The predicted octanol–water partition coefficient (Wildman–Crippen LogP) is 5.04. The van der Waals surface area contributed by atoms with Crippen LogP contribution in [0.4, 0.5) is 5.00 Å². The number of methoxy groups -OCH3 is 2. The molecule has 0 saturated heterocycles. The van der Waals surface area contributed by atoms with Crippen molar-refractivity contribution >= 4 is 22.2 Å². The van der Waals surface area contributed by atoms with Crippen LogP contribution in [-0.4, -0.2) is 20.1 Å². The molecule has 28 heavy (non-hydrogen) atoms. The van der Waals surface area contributed by atoms with E-state index in [-0.39, 0.29) is 11.3 Å². The Morgan fingerprint density at radius 3 is 2.57 bits per heavy atom. The Hall–Kier alpha value is -2.52. The van der Waals surface area contributed by atoms with E-state index in [1.54, 1.807) is 25.3 Å². The van der Waals surface area contributed by atoms with Crippen LogP contribution in [0.1, 0.15) is 53.6 Å². The Balaban J connectivity index is 1.87. The maximum atomic E-state index is 12.8. The molecule has 0 radical (unpaired) electrons. The summed E-state index contributed by atoms with van der Waals surface area (Å²) in [5.41, 5.74) is 2.41. The highest BCUT2D eigenvalue weighted by molar-refractivity contribution is 7.16. The zero-order valence-electron chi connectivity index (χ0n) is 17.0. The van der Waals surface area contributed by atoms with Gasteiger partial charge in [0.2, 0.25) is 0 Å². The van der Waals surface area contributed by atoms with Gasteiger partial charge in [-0.3, -0.25) is 4.79 Å². The first-order chi connectivity index (χ1) is 13.3. The first kappa shape index (κ1) is 20.2. The van der Waals surface area contributed by atoms with Crippen LogP contribution in [0.25, 0.3) is 0 Å². The zero-order valence-corrected chi connectivity index (χ0v) is 17.8. The standard InChI is InChI=1S/C22H26N2O3S/c1-22(2,3)14-7-8-15-16(12-23)21(28-19(15)11-14)24-20(25)13-6-9-17(26-4)18(10-13)27-5/h6,9-10,14H,7-8,11H2,1-5H3,(H,24,25). The number of hydrogen-bond donors (Lipinski definition) is 1. The summed E-state index contributed by atoms with van der Waals surface area (Å²) in [7, 11) is 3.09. The SMILES string of the molecule is COc1ccc(C(=O)Nc2sc3c(c2C#N)CCC(C(C)(C)C)C3)cc1OC. The quantitative estimate of drug-likeness (QED) is 0.783. The summed E-state index contributed by atoms with van der Waals surface area (Å²) in [5, 5.41) is 13.3. The van der Waals surface area contributed by atoms with Gasteiger partial charge in [0.05, 0.1) is 19.8 Å². The Labute approximate surface area is 170 Å². The van der Waals surface area contributed by atoms with Gasteiger partial charge in [-0.2, -0.15) is 5.26 Å². The number of benzene rings is 1. The van der Waals surface area contributed by atoms with E-state index in [2.05, 4.69) is 32.2 Å². The second-order valence-electron chi connectivity index (χ2n) is 8.15. The summed E-state index contributed by atoms with van der Waals surface area (Å²) in [4.78, 5) is 14.0. The van der Waals surface area contributed by atoms with Crippen molar-refractivity contribution in [3.05, 3.63) is 39.8 Å². The Kier molecular flexibility index (Phi) is 5.66. The predicted molar refractivity (Wildman–Crippen MR) is 112 cm³/mol.